The standard InChI is InChI=1S/C17H13F2NO2/c18-13-7-4-8-14(19)17(13)15(21)11-20-16(22)10-9-12-5-2-1-3-6-12/h1-8,15,21H,11H2,(H,20,22)/t15-/m1/s1. The average Bonchev–Trinajstić information content (AvgIpc) is 2.52. The molecular formula is C17H13F2NO2. The summed E-state index contributed by atoms with van der Waals surface area (Å²) in [4.78, 5) is 11.5. The van der Waals surface area contributed by atoms with Crippen LogP contribution in [0.5, 0.6) is 0 Å². The maximum atomic E-state index is 13.5. The van der Waals surface area contributed by atoms with Crippen molar-refractivity contribution in [1.82, 2.24) is 5.32 Å². The zero-order valence-electron chi connectivity index (χ0n) is 11.5. The molecule has 3 nitrogen and oxygen atoms in total. The predicted molar refractivity (Wildman–Crippen MR) is 77.6 cm³/mol. The molecule has 0 aliphatic carbocycles. The normalized spacial score (nSPS) is 11.2. The molecule has 5 heteroatoms. The summed E-state index contributed by atoms with van der Waals surface area (Å²) in [5.41, 5.74) is 0.192. The smallest absolute Gasteiger partial charge is 0.296 e. The number of aliphatic hydroxyl groups is 1. The van der Waals surface area contributed by atoms with Crippen LogP contribution in [0.1, 0.15) is 17.2 Å². The zero-order chi connectivity index (χ0) is 15.9. The molecule has 0 unspecified atom stereocenters. The van der Waals surface area contributed by atoms with Crippen molar-refractivity contribution in [1.29, 1.82) is 0 Å². The highest BCUT2D eigenvalue weighted by atomic mass is 19.1. The van der Waals surface area contributed by atoms with E-state index in [1.807, 2.05) is 6.07 Å². The lowest BCUT2D eigenvalue weighted by molar-refractivity contribution is -0.116. The lowest BCUT2D eigenvalue weighted by atomic mass is 10.1. The van der Waals surface area contributed by atoms with Crippen LogP contribution in [0, 0.1) is 23.5 Å². The summed E-state index contributed by atoms with van der Waals surface area (Å²) in [6, 6.07) is 12.2. The molecule has 0 aromatic heterocycles. The molecule has 2 rings (SSSR count). The van der Waals surface area contributed by atoms with Gasteiger partial charge in [0.15, 0.2) is 0 Å². The Morgan fingerprint density at radius 2 is 1.73 bits per heavy atom. The maximum absolute atomic E-state index is 13.5. The highest BCUT2D eigenvalue weighted by Gasteiger charge is 2.17. The molecule has 0 aliphatic rings. The number of rotatable bonds is 3. The quantitative estimate of drug-likeness (QED) is 0.854. The van der Waals surface area contributed by atoms with Gasteiger partial charge in [0.25, 0.3) is 5.91 Å². The van der Waals surface area contributed by atoms with Gasteiger partial charge < -0.3 is 10.4 Å². The fourth-order valence-electron chi connectivity index (χ4n) is 1.82. The van der Waals surface area contributed by atoms with Crippen LogP contribution in [-0.4, -0.2) is 17.6 Å². The molecule has 0 bridgehead atoms. The predicted octanol–water partition coefficient (Wildman–Crippen LogP) is 2.17. The summed E-state index contributed by atoms with van der Waals surface area (Å²) >= 11 is 0. The van der Waals surface area contributed by atoms with E-state index in [-0.39, 0.29) is 6.54 Å². The first-order valence-electron chi connectivity index (χ1n) is 6.55. The lowest BCUT2D eigenvalue weighted by Gasteiger charge is -2.12. The number of hydrogen-bond acceptors (Lipinski definition) is 2. The summed E-state index contributed by atoms with van der Waals surface area (Å²) in [6.45, 7) is -0.333. The van der Waals surface area contributed by atoms with Gasteiger partial charge in [0.2, 0.25) is 0 Å². The van der Waals surface area contributed by atoms with E-state index in [4.69, 9.17) is 0 Å². The first-order chi connectivity index (χ1) is 10.6. The minimum Gasteiger partial charge on any atom is -0.386 e. The van der Waals surface area contributed by atoms with E-state index < -0.39 is 29.2 Å². The van der Waals surface area contributed by atoms with Crippen LogP contribution in [-0.2, 0) is 4.79 Å². The lowest BCUT2D eigenvalue weighted by Crippen LogP contribution is -2.28. The molecule has 0 fully saturated rings. The third-order valence-corrected chi connectivity index (χ3v) is 2.88. The molecule has 1 amide bonds. The number of carbonyl (C=O) groups excluding carboxylic acids is 1. The Hall–Kier alpha value is -2.71. The van der Waals surface area contributed by atoms with Gasteiger partial charge in [0.1, 0.15) is 17.7 Å². The Kier molecular flexibility index (Phi) is 5.23. The van der Waals surface area contributed by atoms with Gasteiger partial charge >= 0.3 is 0 Å². The first kappa shape index (κ1) is 15.7. The van der Waals surface area contributed by atoms with Crippen LogP contribution in [0.25, 0.3) is 0 Å². The fourth-order valence-corrected chi connectivity index (χ4v) is 1.82. The summed E-state index contributed by atoms with van der Waals surface area (Å²) < 4.78 is 26.9. The molecule has 2 aromatic rings. The van der Waals surface area contributed by atoms with E-state index in [0.29, 0.717) is 5.56 Å². The van der Waals surface area contributed by atoms with Crippen molar-refractivity contribution < 1.29 is 18.7 Å². The van der Waals surface area contributed by atoms with Gasteiger partial charge in [-0.2, -0.15) is 0 Å². The van der Waals surface area contributed by atoms with Crippen LogP contribution >= 0.6 is 0 Å². The zero-order valence-corrected chi connectivity index (χ0v) is 11.5. The molecule has 0 radical (unpaired) electrons. The average molecular weight is 301 g/mol. The molecule has 0 saturated heterocycles. The second kappa shape index (κ2) is 7.34. The molecule has 1 atom stereocenters. The van der Waals surface area contributed by atoms with Crippen molar-refractivity contribution in [2.45, 2.75) is 6.10 Å². The number of aliphatic hydroxyl groups excluding tert-OH is 1. The number of nitrogens with one attached hydrogen (secondary N) is 1. The number of carbonyl (C=O) groups is 1. The van der Waals surface area contributed by atoms with Crippen molar-refractivity contribution in [3.63, 3.8) is 0 Å². The van der Waals surface area contributed by atoms with E-state index in [9.17, 15) is 18.7 Å². The number of halogens is 2. The molecule has 2 N–H and O–H groups in total. The van der Waals surface area contributed by atoms with Crippen LogP contribution in [0.2, 0.25) is 0 Å². The van der Waals surface area contributed by atoms with Gasteiger partial charge in [0.05, 0.1) is 5.56 Å². The van der Waals surface area contributed by atoms with Crippen molar-refractivity contribution in [2.24, 2.45) is 0 Å². The highest BCUT2D eigenvalue weighted by molar-refractivity contribution is 5.94. The monoisotopic (exact) mass is 301 g/mol. The Morgan fingerprint density at radius 3 is 2.36 bits per heavy atom. The molecule has 112 valence electrons. The third-order valence-electron chi connectivity index (χ3n) is 2.88. The minimum atomic E-state index is -1.48. The molecule has 2 aromatic carbocycles. The van der Waals surface area contributed by atoms with E-state index in [2.05, 4.69) is 17.2 Å². The molecule has 0 saturated carbocycles. The van der Waals surface area contributed by atoms with Crippen LogP contribution in [0.3, 0.4) is 0 Å². The van der Waals surface area contributed by atoms with Crippen LogP contribution in [0.15, 0.2) is 48.5 Å². The van der Waals surface area contributed by atoms with Gasteiger partial charge in [-0.25, -0.2) is 8.78 Å². The summed E-state index contributed by atoms with van der Waals surface area (Å²) in [6.07, 6.45) is -1.48. The summed E-state index contributed by atoms with van der Waals surface area (Å²) in [5, 5.41) is 12.1. The van der Waals surface area contributed by atoms with Gasteiger partial charge in [0, 0.05) is 18.0 Å². The van der Waals surface area contributed by atoms with E-state index in [1.165, 1.54) is 6.07 Å². The SMILES string of the molecule is O=C(C#Cc1ccccc1)NC[C@@H](O)c1c(F)cccc1F. The molecule has 0 aliphatic heterocycles. The molecule has 0 spiro atoms. The first-order valence-corrected chi connectivity index (χ1v) is 6.55. The maximum Gasteiger partial charge on any atom is 0.296 e. The second-order valence-electron chi connectivity index (χ2n) is 4.48. The highest BCUT2D eigenvalue weighted by Crippen LogP contribution is 2.19. The van der Waals surface area contributed by atoms with Gasteiger partial charge in [-0.3, -0.25) is 4.79 Å². The third kappa shape index (κ3) is 4.14. The second-order valence-corrected chi connectivity index (χ2v) is 4.48. The summed E-state index contributed by atoms with van der Waals surface area (Å²) in [7, 11) is 0. The van der Waals surface area contributed by atoms with Gasteiger partial charge in [-0.05, 0) is 24.3 Å². The topological polar surface area (TPSA) is 49.3 Å². The Bertz CT molecular complexity index is 700. The minimum absolute atomic E-state index is 0.333. The van der Waals surface area contributed by atoms with E-state index in [0.717, 1.165) is 12.1 Å². The van der Waals surface area contributed by atoms with E-state index >= 15 is 0 Å². The number of hydrogen-bond donors (Lipinski definition) is 2. The Morgan fingerprint density at radius 1 is 1.09 bits per heavy atom. The Balaban J connectivity index is 1.96. The van der Waals surface area contributed by atoms with Crippen LogP contribution in [0.4, 0.5) is 8.78 Å². The molecular weight excluding hydrogens is 288 g/mol. The van der Waals surface area contributed by atoms with E-state index in [1.54, 1.807) is 24.3 Å². The van der Waals surface area contributed by atoms with Gasteiger partial charge in [-0.1, -0.05) is 30.2 Å². The molecule has 0 heterocycles. The van der Waals surface area contributed by atoms with Crippen LogP contribution < -0.4 is 5.32 Å². The fraction of sp³-hybridized carbons (Fsp3) is 0.118. The van der Waals surface area contributed by atoms with Crippen molar-refractivity contribution in [3.05, 3.63) is 71.3 Å². The number of amides is 1. The summed E-state index contributed by atoms with van der Waals surface area (Å²) in [5.74, 6) is 2.61. The van der Waals surface area contributed by atoms with Crippen molar-refractivity contribution >= 4 is 5.91 Å². The van der Waals surface area contributed by atoms with Crippen molar-refractivity contribution in [2.75, 3.05) is 6.54 Å². The van der Waals surface area contributed by atoms with Gasteiger partial charge in [-0.15, -0.1) is 0 Å². The Labute approximate surface area is 126 Å². The molecule has 22 heavy (non-hydrogen) atoms. The number of benzene rings is 2. The largest absolute Gasteiger partial charge is 0.386 e. The van der Waals surface area contributed by atoms with Crippen molar-refractivity contribution in [3.8, 4) is 11.8 Å².